The Balaban J connectivity index is 5.36. The van der Waals surface area contributed by atoms with Gasteiger partial charge in [-0.1, -0.05) is 61.8 Å². The van der Waals surface area contributed by atoms with E-state index in [1.165, 1.54) is 6.92 Å². The van der Waals surface area contributed by atoms with Gasteiger partial charge in [0.25, 0.3) is 0 Å². The van der Waals surface area contributed by atoms with Crippen LogP contribution in [-0.4, -0.2) is 89.8 Å². The number of nitrogens with one attached hydrogen (secondary N) is 6. The van der Waals surface area contributed by atoms with Crippen molar-refractivity contribution in [2.24, 2.45) is 29.4 Å². The van der Waals surface area contributed by atoms with Crippen LogP contribution in [0.5, 0.6) is 0 Å². The lowest BCUT2D eigenvalue weighted by Crippen LogP contribution is -2.61. The van der Waals surface area contributed by atoms with Crippen LogP contribution in [0.15, 0.2) is 0 Å². The molecule has 0 rings (SSSR count). The minimum absolute atomic E-state index is 0.122. The Morgan fingerprint density at radius 1 is 0.581 bits per heavy atom. The fourth-order valence-corrected chi connectivity index (χ4v) is 3.68. The summed E-state index contributed by atoms with van der Waals surface area (Å²) in [6.07, 6.45) is 0.508. The topological polar surface area (TPSA) is 238 Å². The number of amides is 6. The zero-order valence-electron chi connectivity index (χ0n) is 26.7. The van der Waals surface area contributed by atoms with Crippen LogP contribution in [0.25, 0.3) is 0 Å². The van der Waals surface area contributed by atoms with E-state index in [4.69, 9.17) is 10.8 Å². The Hall–Kier alpha value is -3.75. The molecule has 15 nitrogen and oxygen atoms in total. The van der Waals surface area contributed by atoms with Gasteiger partial charge in [0.15, 0.2) is 0 Å². The van der Waals surface area contributed by atoms with Crippen molar-refractivity contribution in [3.05, 3.63) is 0 Å². The number of carbonyl (C=O) groups excluding carboxylic acids is 6. The average Bonchev–Trinajstić information content (AvgIpc) is 2.92. The number of nitrogens with two attached hydrogens (primary N) is 1. The van der Waals surface area contributed by atoms with E-state index >= 15 is 0 Å². The molecule has 15 heteroatoms. The molecule has 0 heterocycles. The van der Waals surface area contributed by atoms with Crippen molar-refractivity contribution in [1.82, 2.24) is 31.9 Å². The summed E-state index contributed by atoms with van der Waals surface area (Å²) in [7, 11) is 0. The van der Waals surface area contributed by atoms with Gasteiger partial charge in [-0.3, -0.25) is 33.6 Å². The first kappa shape index (κ1) is 39.2. The molecular weight excluding hydrogens is 562 g/mol. The van der Waals surface area contributed by atoms with Gasteiger partial charge in [0.05, 0.1) is 19.1 Å². The van der Waals surface area contributed by atoms with E-state index in [1.54, 1.807) is 48.5 Å². The molecule has 0 saturated heterocycles. The van der Waals surface area contributed by atoms with Crippen LogP contribution in [-0.2, 0) is 33.6 Å². The lowest BCUT2D eigenvalue weighted by molar-refractivity contribution is -0.142. The monoisotopic (exact) mass is 613 g/mol. The lowest BCUT2D eigenvalue weighted by Gasteiger charge is -2.30. The number of carboxylic acids is 1. The number of aliphatic carboxylic acids is 1. The molecule has 6 unspecified atom stereocenters. The molecule has 0 aliphatic carbocycles. The van der Waals surface area contributed by atoms with Crippen LogP contribution in [0.4, 0.5) is 0 Å². The van der Waals surface area contributed by atoms with Gasteiger partial charge in [-0.15, -0.1) is 0 Å². The zero-order chi connectivity index (χ0) is 33.6. The number of carboxylic acid groups (broad SMARTS) is 1. The van der Waals surface area contributed by atoms with E-state index < -0.39 is 90.0 Å². The van der Waals surface area contributed by atoms with Crippen LogP contribution in [0, 0.1) is 23.7 Å². The summed E-state index contributed by atoms with van der Waals surface area (Å²) in [5.74, 6) is -6.26. The summed E-state index contributed by atoms with van der Waals surface area (Å²) in [6.45, 7) is 14.3. The molecule has 0 aromatic heterocycles. The normalized spacial score (nSPS) is 15.4. The third-order valence-electron chi connectivity index (χ3n) is 6.93. The van der Waals surface area contributed by atoms with E-state index in [2.05, 4.69) is 31.9 Å². The fraction of sp³-hybridized carbons (Fsp3) is 0.750. The van der Waals surface area contributed by atoms with E-state index in [1.807, 2.05) is 6.92 Å². The summed E-state index contributed by atoms with van der Waals surface area (Å²) in [5.41, 5.74) is 5.73. The SMILES string of the molecule is CCC(C)C(NC(=O)C(NC(=O)C(NC(=O)CNC(=O)CNC(=O)C(N)C(C)C)C(C)C)C(C)C)C(=O)NC(C)C(=O)O. The van der Waals surface area contributed by atoms with Gasteiger partial charge < -0.3 is 42.7 Å². The van der Waals surface area contributed by atoms with Gasteiger partial charge >= 0.3 is 5.97 Å². The predicted molar refractivity (Wildman–Crippen MR) is 159 cm³/mol. The second-order valence-electron chi connectivity index (χ2n) is 11.7. The van der Waals surface area contributed by atoms with Crippen molar-refractivity contribution in [3.8, 4) is 0 Å². The van der Waals surface area contributed by atoms with Gasteiger partial charge in [0, 0.05) is 0 Å². The second kappa shape index (κ2) is 18.7. The average molecular weight is 614 g/mol. The maximum Gasteiger partial charge on any atom is 0.325 e. The largest absolute Gasteiger partial charge is 0.480 e. The Labute approximate surface area is 253 Å². The predicted octanol–water partition coefficient (Wildman–Crippen LogP) is -1.40. The second-order valence-corrected chi connectivity index (χ2v) is 11.7. The highest BCUT2D eigenvalue weighted by atomic mass is 16.4. The maximum absolute atomic E-state index is 13.3. The number of carbonyl (C=O) groups is 7. The molecule has 0 bridgehead atoms. The van der Waals surface area contributed by atoms with E-state index in [0.29, 0.717) is 6.42 Å². The quantitative estimate of drug-likeness (QED) is 0.0906. The Bertz CT molecular complexity index is 1000. The lowest BCUT2D eigenvalue weighted by atomic mass is 9.95. The summed E-state index contributed by atoms with van der Waals surface area (Å²) in [6, 6.07) is -5.14. The molecular formula is C28H51N7O8. The Morgan fingerprint density at radius 3 is 1.47 bits per heavy atom. The van der Waals surface area contributed by atoms with Crippen molar-refractivity contribution in [3.63, 3.8) is 0 Å². The molecule has 0 aromatic carbocycles. The van der Waals surface area contributed by atoms with Crippen molar-refractivity contribution in [2.75, 3.05) is 13.1 Å². The molecule has 0 fully saturated rings. The van der Waals surface area contributed by atoms with E-state index in [-0.39, 0.29) is 18.4 Å². The number of rotatable bonds is 18. The number of hydrogen-bond acceptors (Lipinski definition) is 8. The molecule has 9 N–H and O–H groups in total. The smallest absolute Gasteiger partial charge is 0.325 e. The highest BCUT2D eigenvalue weighted by molar-refractivity contribution is 5.96. The molecule has 6 atom stereocenters. The van der Waals surface area contributed by atoms with Crippen molar-refractivity contribution in [2.45, 2.75) is 98.9 Å². The minimum atomic E-state index is -1.23. The molecule has 43 heavy (non-hydrogen) atoms. The standard InChI is InChI=1S/C28H51N7O8/c1-10-16(8)23(27(41)32-17(9)28(42)43)35-26(40)22(15(6)7)34-25(39)21(14(4)5)33-19(37)12-30-18(36)11-31-24(38)20(29)13(2)3/h13-17,20-23H,10-12,29H2,1-9H3,(H,30,36)(H,31,38)(H,32,41)(H,33,37)(H,34,39)(H,35,40)(H,42,43). The zero-order valence-corrected chi connectivity index (χ0v) is 26.7. The minimum Gasteiger partial charge on any atom is -0.480 e. The molecule has 0 radical (unpaired) electrons. The number of hydrogen-bond donors (Lipinski definition) is 8. The fourth-order valence-electron chi connectivity index (χ4n) is 3.68. The Morgan fingerprint density at radius 2 is 1.02 bits per heavy atom. The van der Waals surface area contributed by atoms with Gasteiger partial charge in [0.2, 0.25) is 35.4 Å². The van der Waals surface area contributed by atoms with Gasteiger partial charge in [-0.25, -0.2) is 0 Å². The van der Waals surface area contributed by atoms with Crippen molar-refractivity contribution in [1.29, 1.82) is 0 Å². The van der Waals surface area contributed by atoms with Gasteiger partial charge in [0.1, 0.15) is 24.2 Å². The third kappa shape index (κ3) is 13.8. The van der Waals surface area contributed by atoms with Crippen LogP contribution in [0.2, 0.25) is 0 Å². The summed E-state index contributed by atoms with van der Waals surface area (Å²) < 4.78 is 0. The molecule has 0 saturated carbocycles. The first-order valence-corrected chi connectivity index (χ1v) is 14.6. The summed E-state index contributed by atoms with van der Waals surface area (Å²) in [5, 5.41) is 24.1. The summed E-state index contributed by atoms with van der Waals surface area (Å²) >= 11 is 0. The molecule has 0 aliphatic rings. The molecule has 0 aromatic rings. The highest BCUT2D eigenvalue weighted by Gasteiger charge is 2.34. The van der Waals surface area contributed by atoms with E-state index in [0.717, 1.165) is 0 Å². The van der Waals surface area contributed by atoms with E-state index in [9.17, 15) is 33.6 Å². The third-order valence-corrected chi connectivity index (χ3v) is 6.93. The first-order valence-electron chi connectivity index (χ1n) is 14.6. The van der Waals surface area contributed by atoms with Crippen LogP contribution in [0.1, 0.15) is 68.7 Å². The van der Waals surface area contributed by atoms with Crippen molar-refractivity contribution >= 4 is 41.4 Å². The van der Waals surface area contributed by atoms with Crippen LogP contribution < -0.4 is 37.6 Å². The van der Waals surface area contributed by atoms with Crippen LogP contribution >= 0.6 is 0 Å². The molecule has 0 spiro atoms. The molecule has 246 valence electrons. The highest BCUT2D eigenvalue weighted by Crippen LogP contribution is 2.12. The maximum atomic E-state index is 13.3. The molecule has 6 amide bonds. The van der Waals surface area contributed by atoms with Gasteiger partial charge in [-0.2, -0.15) is 0 Å². The summed E-state index contributed by atoms with van der Waals surface area (Å²) in [4.78, 5) is 86.9. The first-order chi connectivity index (χ1) is 19.8. The Kier molecular flexibility index (Phi) is 17.1. The van der Waals surface area contributed by atoms with Gasteiger partial charge in [-0.05, 0) is 30.6 Å². The van der Waals surface area contributed by atoms with Crippen molar-refractivity contribution < 1.29 is 38.7 Å². The van der Waals surface area contributed by atoms with Crippen LogP contribution in [0.3, 0.4) is 0 Å². The molecule has 0 aliphatic heterocycles.